The molecule has 0 radical (unpaired) electrons. The Labute approximate surface area is 140 Å². The zero-order chi connectivity index (χ0) is 16.9. The van der Waals surface area contributed by atoms with E-state index in [0.29, 0.717) is 28.7 Å². The molecule has 0 aliphatic heterocycles. The smallest absolute Gasteiger partial charge is 0.232 e. The van der Waals surface area contributed by atoms with E-state index in [-0.39, 0.29) is 5.75 Å². The summed E-state index contributed by atoms with van der Waals surface area (Å²) in [6.45, 7) is 1.81. The van der Waals surface area contributed by atoms with E-state index in [1.54, 1.807) is 31.4 Å². The third-order valence-electron chi connectivity index (χ3n) is 2.93. The number of benzene rings is 1. The van der Waals surface area contributed by atoms with Crippen LogP contribution < -0.4 is 14.8 Å². The molecule has 124 valence electrons. The second-order valence-electron chi connectivity index (χ2n) is 4.83. The fraction of sp³-hybridized carbons (Fsp3) is 0.267. The fourth-order valence-corrected chi connectivity index (χ4v) is 3.30. The van der Waals surface area contributed by atoms with Crippen LogP contribution in [0.15, 0.2) is 36.5 Å². The molecule has 0 amide bonds. The van der Waals surface area contributed by atoms with Crippen molar-refractivity contribution in [1.82, 2.24) is 4.98 Å². The molecular weight excluding hydrogens is 338 g/mol. The van der Waals surface area contributed by atoms with Crippen LogP contribution in [0.25, 0.3) is 0 Å². The van der Waals surface area contributed by atoms with Gasteiger partial charge in [-0.2, -0.15) is 0 Å². The van der Waals surface area contributed by atoms with Crippen LogP contribution >= 0.6 is 11.6 Å². The molecule has 0 fully saturated rings. The first kappa shape index (κ1) is 17.4. The normalized spacial score (nSPS) is 11.1. The lowest BCUT2D eigenvalue weighted by Gasteiger charge is -2.10. The molecule has 0 aliphatic rings. The van der Waals surface area contributed by atoms with Crippen molar-refractivity contribution in [3.8, 4) is 5.75 Å². The molecule has 0 saturated heterocycles. The van der Waals surface area contributed by atoms with Gasteiger partial charge < -0.3 is 10.1 Å². The third kappa shape index (κ3) is 5.01. The highest BCUT2D eigenvalue weighted by Crippen LogP contribution is 2.28. The monoisotopic (exact) mass is 355 g/mol. The van der Waals surface area contributed by atoms with Crippen LogP contribution in [0.5, 0.6) is 5.75 Å². The summed E-state index contributed by atoms with van der Waals surface area (Å²) in [5.74, 6) is 1.24. The first-order chi connectivity index (χ1) is 10.9. The SMILES string of the molecule is CCCS(=O)(=O)Nc1ccc(Nc2ccc(OC)c(Cl)c2)nc1. The van der Waals surface area contributed by atoms with Gasteiger partial charge in [-0.1, -0.05) is 18.5 Å². The van der Waals surface area contributed by atoms with Crippen LogP contribution in [-0.2, 0) is 10.0 Å². The Morgan fingerprint density at radius 3 is 2.52 bits per heavy atom. The number of halogens is 1. The Balaban J connectivity index is 2.07. The molecule has 23 heavy (non-hydrogen) atoms. The number of aromatic nitrogens is 1. The van der Waals surface area contributed by atoms with Crippen molar-refractivity contribution in [3.05, 3.63) is 41.6 Å². The second kappa shape index (κ2) is 7.52. The average molecular weight is 356 g/mol. The van der Waals surface area contributed by atoms with Crippen molar-refractivity contribution >= 4 is 38.8 Å². The molecule has 1 aromatic carbocycles. The van der Waals surface area contributed by atoms with Gasteiger partial charge >= 0.3 is 0 Å². The molecule has 0 atom stereocenters. The quantitative estimate of drug-likeness (QED) is 0.792. The fourth-order valence-electron chi connectivity index (χ4n) is 1.92. The summed E-state index contributed by atoms with van der Waals surface area (Å²) in [5.41, 5.74) is 1.18. The van der Waals surface area contributed by atoms with Gasteiger partial charge in [0, 0.05) is 5.69 Å². The first-order valence-corrected chi connectivity index (χ1v) is 9.03. The molecule has 0 unspecified atom stereocenters. The van der Waals surface area contributed by atoms with E-state index in [1.807, 2.05) is 13.0 Å². The molecule has 0 saturated carbocycles. The minimum absolute atomic E-state index is 0.0807. The van der Waals surface area contributed by atoms with E-state index in [4.69, 9.17) is 16.3 Å². The van der Waals surface area contributed by atoms with Crippen molar-refractivity contribution in [2.45, 2.75) is 13.3 Å². The largest absolute Gasteiger partial charge is 0.495 e. The Kier molecular flexibility index (Phi) is 5.68. The van der Waals surface area contributed by atoms with E-state index >= 15 is 0 Å². The summed E-state index contributed by atoms with van der Waals surface area (Å²) in [6.07, 6.45) is 2.02. The summed E-state index contributed by atoms with van der Waals surface area (Å²) in [7, 11) is -1.76. The first-order valence-electron chi connectivity index (χ1n) is 7.00. The van der Waals surface area contributed by atoms with Gasteiger partial charge in [0.15, 0.2) is 0 Å². The number of rotatable bonds is 7. The maximum Gasteiger partial charge on any atom is 0.232 e. The number of hydrogen-bond acceptors (Lipinski definition) is 5. The zero-order valence-corrected chi connectivity index (χ0v) is 14.4. The summed E-state index contributed by atoms with van der Waals surface area (Å²) in [6, 6.07) is 8.61. The number of ether oxygens (including phenoxy) is 1. The zero-order valence-electron chi connectivity index (χ0n) is 12.8. The van der Waals surface area contributed by atoms with E-state index < -0.39 is 10.0 Å². The summed E-state index contributed by atoms with van der Waals surface area (Å²) < 4.78 is 31.0. The number of hydrogen-bond donors (Lipinski definition) is 2. The molecule has 1 aromatic heterocycles. The average Bonchev–Trinajstić information content (AvgIpc) is 2.49. The summed E-state index contributed by atoms with van der Waals surface area (Å²) in [4.78, 5) is 4.18. The molecule has 6 nitrogen and oxygen atoms in total. The number of pyridine rings is 1. The molecule has 0 bridgehead atoms. The lowest BCUT2D eigenvalue weighted by Crippen LogP contribution is -2.16. The number of nitrogens with one attached hydrogen (secondary N) is 2. The Bertz CT molecular complexity index is 764. The van der Waals surface area contributed by atoms with Crippen LogP contribution in [0.4, 0.5) is 17.2 Å². The summed E-state index contributed by atoms with van der Waals surface area (Å²) >= 11 is 6.06. The third-order valence-corrected chi connectivity index (χ3v) is 4.72. The van der Waals surface area contributed by atoms with E-state index in [0.717, 1.165) is 5.69 Å². The van der Waals surface area contributed by atoms with Gasteiger partial charge in [-0.3, -0.25) is 4.72 Å². The predicted octanol–water partition coefficient (Wildman–Crippen LogP) is 3.64. The van der Waals surface area contributed by atoms with Crippen LogP contribution in [0.2, 0.25) is 5.02 Å². The van der Waals surface area contributed by atoms with Gasteiger partial charge in [0.1, 0.15) is 11.6 Å². The van der Waals surface area contributed by atoms with Gasteiger partial charge in [0.05, 0.1) is 29.8 Å². The van der Waals surface area contributed by atoms with Gasteiger partial charge in [-0.25, -0.2) is 13.4 Å². The molecular formula is C15H18ClN3O3S. The second-order valence-corrected chi connectivity index (χ2v) is 7.08. The minimum Gasteiger partial charge on any atom is -0.495 e. The highest BCUT2D eigenvalue weighted by atomic mass is 35.5. The van der Waals surface area contributed by atoms with Crippen LogP contribution in [-0.4, -0.2) is 26.3 Å². The van der Waals surface area contributed by atoms with Crippen LogP contribution in [0.1, 0.15) is 13.3 Å². The molecule has 1 heterocycles. The van der Waals surface area contributed by atoms with Crippen LogP contribution in [0, 0.1) is 0 Å². The molecule has 2 aromatic rings. The maximum absolute atomic E-state index is 11.7. The van der Waals surface area contributed by atoms with Crippen molar-refractivity contribution in [2.24, 2.45) is 0 Å². The topological polar surface area (TPSA) is 80.3 Å². The van der Waals surface area contributed by atoms with Crippen molar-refractivity contribution in [2.75, 3.05) is 22.9 Å². The molecule has 2 rings (SSSR count). The minimum atomic E-state index is -3.31. The Morgan fingerprint density at radius 1 is 1.22 bits per heavy atom. The Morgan fingerprint density at radius 2 is 1.96 bits per heavy atom. The van der Waals surface area contributed by atoms with E-state index in [2.05, 4.69) is 15.0 Å². The lowest BCUT2D eigenvalue weighted by atomic mass is 10.3. The lowest BCUT2D eigenvalue weighted by molar-refractivity contribution is 0.415. The number of sulfonamides is 1. The number of anilines is 3. The maximum atomic E-state index is 11.7. The highest BCUT2D eigenvalue weighted by Gasteiger charge is 2.09. The molecule has 8 heteroatoms. The van der Waals surface area contributed by atoms with Gasteiger partial charge in [-0.05, 0) is 36.8 Å². The molecule has 0 aliphatic carbocycles. The van der Waals surface area contributed by atoms with Gasteiger partial charge in [0.2, 0.25) is 10.0 Å². The molecule has 2 N–H and O–H groups in total. The molecule has 0 spiro atoms. The Hall–Kier alpha value is -1.99. The number of methoxy groups -OCH3 is 1. The number of nitrogens with zero attached hydrogens (tertiary/aromatic N) is 1. The van der Waals surface area contributed by atoms with E-state index in [9.17, 15) is 8.42 Å². The van der Waals surface area contributed by atoms with Gasteiger partial charge in [0.25, 0.3) is 0 Å². The standard InChI is InChI=1S/C15H18ClN3O3S/c1-3-8-23(20,21)19-12-5-7-15(17-10-12)18-11-4-6-14(22-2)13(16)9-11/h4-7,9-10,19H,3,8H2,1-2H3,(H,17,18). The van der Waals surface area contributed by atoms with Crippen molar-refractivity contribution in [1.29, 1.82) is 0 Å². The van der Waals surface area contributed by atoms with E-state index in [1.165, 1.54) is 6.20 Å². The summed E-state index contributed by atoms with van der Waals surface area (Å²) in [5, 5.41) is 3.57. The van der Waals surface area contributed by atoms with Crippen molar-refractivity contribution < 1.29 is 13.2 Å². The van der Waals surface area contributed by atoms with Gasteiger partial charge in [-0.15, -0.1) is 0 Å². The predicted molar refractivity (Wildman–Crippen MR) is 93.2 cm³/mol. The van der Waals surface area contributed by atoms with Crippen molar-refractivity contribution in [3.63, 3.8) is 0 Å². The van der Waals surface area contributed by atoms with Crippen LogP contribution in [0.3, 0.4) is 0 Å². The highest BCUT2D eigenvalue weighted by molar-refractivity contribution is 7.92.